The van der Waals surface area contributed by atoms with Crippen LogP contribution in [0.25, 0.3) is 0 Å². The fourth-order valence-electron chi connectivity index (χ4n) is 2.33. The molecule has 0 aromatic carbocycles. The van der Waals surface area contributed by atoms with Crippen LogP contribution in [0.2, 0.25) is 0 Å². The maximum atomic E-state index is 10.3. The first-order valence-electron chi connectivity index (χ1n) is 5.75. The van der Waals surface area contributed by atoms with Crippen molar-refractivity contribution in [2.45, 2.75) is 57.1 Å². The molecule has 1 aliphatic carbocycles. The van der Waals surface area contributed by atoms with Crippen LogP contribution in [0.1, 0.15) is 51.4 Å². The van der Waals surface area contributed by atoms with Crippen LogP contribution >= 0.6 is 0 Å². The molecule has 0 saturated heterocycles. The average molecular weight is 215 g/mol. The smallest absolute Gasteiger partial charge is 0.303 e. The van der Waals surface area contributed by atoms with Crippen LogP contribution in [0.4, 0.5) is 0 Å². The van der Waals surface area contributed by atoms with E-state index in [-0.39, 0.29) is 12.3 Å². The van der Waals surface area contributed by atoms with Gasteiger partial charge in [-0.3, -0.25) is 4.79 Å². The van der Waals surface area contributed by atoms with E-state index in [0.717, 1.165) is 25.7 Å². The number of nitrogens with two attached hydrogens (primary N) is 1. The topological polar surface area (TPSA) is 83.5 Å². The zero-order valence-electron chi connectivity index (χ0n) is 9.11. The standard InChI is InChI=1S/C11H21NO3/c12-11(15,8-4-7-10(13)14)9-5-2-1-3-6-9/h9,15H,1-8,12H2,(H,13,14). The zero-order valence-corrected chi connectivity index (χ0v) is 9.11. The summed E-state index contributed by atoms with van der Waals surface area (Å²) in [5, 5.41) is 18.5. The molecule has 0 aromatic rings. The van der Waals surface area contributed by atoms with Crippen LogP contribution in [0.5, 0.6) is 0 Å². The summed E-state index contributed by atoms with van der Waals surface area (Å²) in [7, 11) is 0. The van der Waals surface area contributed by atoms with Gasteiger partial charge in [0.2, 0.25) is 0 Å². The second-order valence-electron chi connectivity index (χ2n) is 4.57. The summed E-state index contributed by atoms with van der Waals surface area (Å²) in [6.45, 7) is 0. The van der Waals surface area contributed by atoms with Crippen molar-refractivity contribution < 1.29 is 15.0 Å². The monoisotopic (exact) mass is 215 g/mol. The van der Waals surface area contributed by atoms with Crippen molar-refractivity contribution in [2.75, 3.05) is 0 Å². The SMILES string of the molecule is NC(O)(CCCC(=O)O)C1CCCCC1. The van der Waals surface area contributed by atoms with Gasteiger partial charge in [0.05, 0.1) is 0 Å². The lowest BCUT2D eigenvalue weighted by Gasteiger charge is -2.35. The number of carboxylic acid groups (broad SMARTS) is 1. The minimum atomic E-state index is -1.16. The van der Waals surface area contributed by atoms with Crippen LogP contribution in [0, 0.1) is 5.92 Å². The highest BCUT2D eigenvalue weighted by molar-refractivity contribution is 5.66. The fourth-order valence-corrected chi connectivity index (χ4v) is 2.33. The van der Waals surface area contributed by atoms with Crippen LogP contribution in [-0.4, -0.2) is 21.9 Å². The molecule has 0 aliphatic heterocycles. The molecule has 0 aromatic heterocycles. The molecule has 4 N–H and O–H groups in total. The van der Waals surface area contributed by atoms with Crippen molar-refractivity contribution in [3.05, 3.63) is 0 Å². The van der Waals surface area contributed by atoms with E-state index in [1.54, 1.807) is 0 Å². The van der Waals surface area contributed by atoms with Crippen LogP contribution in [0.3, 0.4) is 0 Å². The van der Waals surface area contributed by atoms with Crippen molar-refractivity contribution in [3.8, 4) is 0 Å². The van der Waals surface area contributed by atoms with Gasteiger partial charge in [0.1, 0.15) is 5.72 Å². The van der Waals surface area contributed by atoms with Gasteiger partial charge in [-0.15, -0.1) is 0 Å². The van der Waals surface area contributed by atoms with Crippen LogP contribution in [0.15, 0.2) is 0 Å². The Morgan fingerprint density at radius 1 is 1.33 bits per heavy atom. The Morgan fingerprint density at radius 3 is 2.47 bits per heavy atom. The van der Waals surface area contributed by atoms with Crippen molar-refractivity contribution >= 4 is 5.97 Å². The summed E-state index contributed by atoms with van der Waals surface area (Å²) in [5.41, 5.74) is 4.68. The van der Waals surface area contributed by atoms with Gasteiger partial charge >= 0.3 is 5.97 Å². The Bertz CT molecular complexity index is 210. The third kappa shape index (κ3) is 4.18. The molecule has 1 aliphatic rings. The first kappa shape index (κ1) is 12.5. The van der Waals surface area contributed by atoms with Gasteiger partial charge in [0.25, 0.3) is 0 Å². The number of hydrogen-bond acceptors (Lipinski definition) is 3. The molecule has 0 bridgehead atoms. The molecule has 88 valence electrons. The van der Waals surface area contributed by atoms with Gasteiger partial charge in [-0.05, 0) is 25.7 Å². The van der Waals surface area contributed by atoms with Gasteiger partial charge in [0.15, 0.2) is 0 Å². The van der Waals surface area contributed by atoms with E-state index in [1.807, 2.05) is 0 Å². The Hall–Kier alpha value is -0.610. The average Bonchev–Trinajstić information content (AvgIpc) is 2.18. The van der Waals surface area contributed by atoms with E-state index < -0.39 is 11.7 Å². The quantitative estimate of drug-likeness (QED) is 0.606. The van der Waals surface area contributed by atoms with E-state index in [2.05, 4.69) is 0 Å². The maximum absolute atomic E-state index is 10.3. The third-order valence-electron chi connectivity index (χ3n) is 3.28. The minimum absolute atomic E-state index is 0.0895. The Kier molecular flexibility index (Phi) is 4.54. The lowest BCUT2D eigenvalue weighted by molar-refractivity contribution is -0.137. The van der Waals surface area contributed by atoms with Crippen molar-refractivity contribution in [2.24, 2.45) is 11.7 Å². The van der Waals surface area contributed by atoms with Gasteiger partial charge in [0, 0.05) is 12.3 Å². The molecule has 0 spiro atoms. The second kappa shape index (κ2) is 5.47. The molecule has 1 unspecified atom stereocenters. The summed E-state index contributed by atoms with van der Waals surface area (Å²) >= 11 is 0. The zero-order chi connectivity index (χ0) is 11.3. The van der Waals surface area contributed by atoms with Crippen molar-refractivity contribution in [1.29, 1.82) is 0 Å². The van der Waals surface area contributed by atoms with Gasteiger partial charge < -0.3 is 15.9 Å². The van der Waals surface area contributed by atoms with Crippen LogP contribution < -0.4 is 5.73 Å². The molecule has 15 heavy (non-hydrogen) atoms. The Labute approximate surface area is 90.5 Å². The summed E-state index contributed by atoms with van der Waals surface area (Å²) < 4.78 is 0. The van der Waals surface area contributed by atoms with Gasteiger partial charge in [-0.25, -0.2) is 0 Å². The first-order chi connectivity index (χ1) is 7.02. The van der Waals surface area contributed by atoms with E-state index in [9.17, 15) is 9.90 Å². The molecule has 4 heteroatoms. The summed E-state index contributed by atoms with van der Waals surface area (Å²) in [5.74, 6) is -0.672. The highest BCUT2D eigenvalue weighted by Crippen LogP contribution is 2.32. The summed E-state index contributed by atoms with van der Waals surface area (Å²) in [6.07, 6.45) is 6.36. The largest absolute Gasteiger partial charge is 0.481 e. The summed E-state index contributed by atoms with van der Waals surface area (Å²) in [6, 6.07) is 0. The fraction of sp³-hybridized carbons (Fsp3) is 0.909. The third-order valence-corrected chi connectivity index (χ3v) is 3.28. The number of aliphatic carboxylic acids is 1. The molecule has 1 saturated carbocycles. The van der Waals surface area contributed by atoms with Gasteiger partial charge in [-0.1, -0.05) is 19.3 Å². The predicted molar refractivity (Wildman–Crippen MR) is 57.2 cm³/mol. The van der Waals surface area contributed by atoms with Gasteiger partial charge in [-0.2, -0.15) is 0 Å². The molecule has 0 radical (unpaired) electrons. The molecular formula is C11H21NO3. The van der Waals surface area contributed by atoms with E-state index in [0.29, 0.717) is 12.8 Å². The second-order valence-corrected chi connectivity index (χ2v) is 4.57. The lowest BCUT2D eigenvalue weighted by Crippen LogP contribution is -2.47. The van der Waals surface area contributed by atoms with E-state index >= 15 is 0 Å². The number of aliphatic hydroxyl groups is 1. The molecular weight excluding hydrogens is 194 g/mol. The molecule has 0 amide bonds. The first-order valence-corrected chi connectivity index (χ1v) is 5.75. The Balaban J connectivity index is 2.32. The van der Waals surface area contributed by atoms with Crippen LogP contribution in [-0.2, 0) is 4.79 Å². The molecule has 1 fully saturated rings. The van der Waals surface area contributed by atoms with Crippen molar-refractivity contribution in [3.63, 3.8) is 0 Å². The Morgan fingerprint density at radius 2 is 1.93 bits per heavy atom. The molecule has 0 heterocycles. The highest BCUT2D eigenvalue weighted by atomic mass is 16.4. The number of carbonyl (C=O) groups is 1. The number of carboxylic acids is 1. The predicted octanol–water partition coefficient (Wildman–Crippen LogP) is 1.47. The van der Waals surface area contributed by atoms with Crippen molar-refractivity contribution in [1.82, 2.24) is 0 Å². The maximum Gasteiger partial charge on any atom is 0.303 e. The van der Waals surface area contributed by atoms with E-state index in [4.69, 9.17) is 10.8 Å². The molecule has 1 atom stereocenters. The number of hydrogen-bond donors (Lipinski definition) is 3. The summed E-state index contributed by atoms with van der Waals surface area (Å²) in [4.78, 5) is 10.3. The lowest BCUT2D eigenvalue weighted by atomic mass is 9.80. The number of rotatable bonds is 5. The minimum Gasteiger partial charge on any atom is -0.481 e. The van der Waals surface area contributed by atoms with E-state index in [1.165, 1.54) is 6.42 Å². The highest BCUT2D eigenvalue weighted by Gasteiger charge is 2.32. The molecule has 4 nitrogen and oxygen atoms in total. The molecule has 1 rings (SSSR count). The normalized spacial score (nSPS) is 22.3.